The minimum Gasteiger partial charge on any atom is -0.229 e. The first kappa shape index (κ1) is 25.5. The predicted molar refractivity (Wildman–Crippen MR) is 162 cm³/mol. The topological polar surface area (TPSA) is 6.25 Å². The van der Waals surface area contributed by atoms with Crippen molar-refractivity contribution in [3.63, 3.8) is 0 Å². The molecule has 1 heterocycles. The molecule has 0 amide bonds. The van der Waals surface area contributed by atoms with Crippen LogP contribution in [0.1, 0.15) is 101 Å². The lowest BCUT2D eigenvalue weighted by atomic mass is 9.92. The summed E-state index contributed by atoms with van der Waals surface area (Å²) in [7, 11) is 0. The van der Waals surface area contributed by atoms with Crippen molar-refractivity contribution in [2.24, 2.45) is 0 Å². The summed E-state index contributed by atoms with van der Waals surface area (Å²) < 4.78 is 2.52. The van der Waals surface area contributed by atoms with Crippen molar-refractivity contribution >= 4 is 39.3 Å². The molecule has 0 atom stereocenters. The Morgan fingerprint density at radius 3 is 1.68 bits per heavy atom. The van der Waals surface area contributed by atoms with Crippen molar-refractivity contribution in [1.29, 1.82) is 0 Å². The molecule has 0 aromatic heterocycles. The third-order valence-corrected chi connectivity index (χ3v) is 8.11. The number of benzene rings is 4. The maximum atomic E-state index is 2.52. The van der Waals surface area contributed by atoms with E-state index in [-0.39, 0.29) is 0 Å². The van der Waals surface area contributed by atoms with Crippen molar-refractivity contribution < 1.29 is 4.58 Å². The molecule has 2 nitrogen and oxygen atoms in total. The van der Waals surface area contributed by atoms with E-state index in [1.807, 2.05) is 0 Å². The van der Waals surface area contributed by atoms with E-state index in [0.29, 0.717) is 23.7 Å². The highest BCUT2D eigenvalue weighted by Gasteiger charge is 2.30. The van der Waals surface area contributed by atoms with Gasteiger partial charge in [-0.2, -0.15) is 0 Å². The van der Waals surface area contributed by atoms with Crippen LogP contribution in [0.5, 0.6) is 0 Å². The first-order valence-electron chi connectivity index (χ1n) is 14.2. The first-order valence-corrected chi connectivity index (χ1v) is 14.2. The van der Waals surface area contributed by atoms with Gasteiger partial charge in [-0.1, -0.05) is 104 Å². The second-order valence-electron chi connectivity index (χ2n) is 12.1. The van der Waals surface area contributed by atoms with Gasteiger partial charge < -0.3 is 0 Å². The molecule has 5 rings (SSSR count). The normalized spacial score (nSPS) is 14.3. The third kappa shape index (κ3) is 4.67. The van der Waals surface area contributed by atoms with E-state index in [1.54, 1.807) is 0 Å². The Labute approximate surface area is 223 Å². The number of hydrogen-bond donors (Lipinski definition) is 0. The average Bonchev–Trinajstić information content (AvgIpc) is 3.35. The summed E-state index contributed by atoms with van der Waals surface area (Å²) in [6.45, 7) is 20.4. The zero-order chi connectivity index (χ0) is 26.4. The molecule has 0 radical (unpaired) electrons. The molecule has 1 aliphatic heterocycles. The summed E-state index contributed by atoms with van der Waals surface area (Å²) in [5.74, 6) is 1.95. The van der Waals surface area contributed by atoms with Gasteiger partial charge in [-0.15, -0.1) is 0 Å². The summed E-state index contributed by atoms with van der Waals surface area (Å²) in [5.41, 5.74) is 8.43. The highest BCUT2D eigenvalue weighted by atomic mass is 15.3. The van der Waals surface area contributed by atoms with Crippen LogP contribution in [0.15, 0.2) is 60.7 Å². The number of anilines is 1. The summed E-state index contributed by atoms with van der Waals surface area (Å²) in [6.07, 6.45) is 2.39. The fourth-order valence-electron chi connectivity index (χ4n) is 5.81. The van der Waals surface area contributed by atoms with E-state index < -0.39 is 0 Å². The molecule has 192 valence electrons. The van der Waals surface area contributed by atoms with Crippen LogP contribution in [0.2, 0.25) is 0 Å². The van der Waals surface area contributed by atoms with Crippen LogP contribution in [0.25, 0.3) is 21.5 Å². The lowest BCUT2D eigenvalue weighted by Gasteiger charge is -2.19. The average molecular weight is 492 g/mol. The lowest BCUT2D eigenvalue weighted by molar-refractivity contribution is -0.423. The summed E-state index contributed by atoms with van der Waals surface area (Å²) >= 11 is 0. The van der Waals surface area contributed by atoms with Gasteiger partial charge >= 0.3 is 0 Å². The van der Waals surface area contributed by atoms with Gasteiger partial charge in [-0.05, 0) is 57.7 Å². The Morgan fingerprint density at radius 1 is 0.595 bits per heavy atom. The van der Waals surface area contributed by atoms with E-state index >= 15 is 0 Å². The molecule has 0 unspecified atom stereocenters. The largest absolute Gasteiger partial charge is 0.244 e. The second kappa shape index (κ2) is 9.97. The van der Waals surface area contributed by atoms with Gasteiger partial charge in [0.1, 0.15) is 24.5 Å². The highest BCUT2D eigenvalue weighted by Crippen LogP contribution is 2.40. The minimum atomic E-state index is 0.460. The molecule has 4 aromatic rings. The third-order valence-electron chi connectivity index (χ3n) is 8.11. The zero-order valence-electron chi connectivity index (χ0n) is 24.0. The maximum Gasteiger partial charge on any atom is 0.244 e. The van der Waals surface area contributed by atoms with Crippen molar-refractivity contribution in [1.82, 2.24) is 0 Å². The molecule has 0 spiro atoms. The Balaban J connectivity index is 1.72. The van der Waals surface area contributed by atoms with Crippen molar-refractivity contribution in [3.8, 4) is 0 Å². The van der Waals surface area contributed by atoms with Gasteiger partial charge in [-0.3, -0.25) is 0 Å². The number of fused-ring (bicyclic) bond motifs is 2. The molecule has 0 bridgehead atoms. The Morgan fingerprint density at radius 2 is 1.11 bits per heavy atom. The molecule has 0 saturated carbocycles. The Kier molecular flexibility index (Phi) is 6.88. The van der Waals surface area contributed by atoms with E-state index in [4.69, 9.17) is 0 Å². The van der Waals surface area contributed by atoms with Gasteiger partial charge in [0.25, 0.3) is 0 Å². The molecule has 37 heavy (non-hydrogen) atoms. The molecule has 0 fully saturated rings. The molecule has 0 saturated heterocycles. The first-order chi connectivity index (χ1) is 17.7. The van der Waals surface area contributed by atoms with E-state index in [0.717, 1.165) is 13.1 Å². The maximum absolute atomic E-state index is 2.52. The molecule has 1 aliphatic rings. The van der Waals surface area contributed by atoms with Crippen molar-refractivity contribution in [2.45, 2.75) is 79.1 Å². The van der Waals surface area contributed by atoms with Crippen LogP contribution in [-0.2, 0) is 0 Å². The van der Waals surface area contributed by atoms with E-state index in [1.165, 1.54) is 55.2 Å². The quantitative estimate of drug-likeness (QED) is 0.243. The molecular formula is C35H43N2+. The zero-order valence-corrected chi connectivity index (χ0v) is 24.0. The minimum absolute atomic E-state index is 0.460. The van der Waals surface area contributed by atoms with Gasteiger partial charge in [0, 0.05) is 21.9 Å². The summed E-state index contributed by atoms with van der Waals surface area (Å²) in [4.78, 5) is 2.52. The van der Waals surface area contributed by atoms with E-state index in [2.05, 4.69) is 132 Å². The fourth-order valence-corrected chi connectivity index (χ4v) is 5.81. The van der Waals surface area contributed by atoms with Gasteiger partial charge in [-0.25, -0.2) is 9.48 Å². The van der Waals surface area contributed by atoms with Crippen LogP contribution < -0.4 is 4.90 Å². The fraction of sp³-hybridized carbons (Fsp3) is 0.400. The number of rotatable bonds is 6. The number of hydrogen-bond acceptors (Lipinski definition) is 1. The van der Waals surface area contributed by atoms with Gasteiger partial charge in [0.15, 0.2) is 0 Å². The summed E-state index contributed by atoms with van der Waals surface area (Å²) in [5, 5.41) is 5.40. The predicted octanol–water partition coefficient (Wildman–Crippen LogP) is 9.68. The van der Waals surface area contributed by atoms with Crippen LogP contribution >= 0.6 is 0 Å². The highest BCUT2D eigenvalue weighted by molar-refractivity contribution is 6.02. The smallest absolute Gasteiger partial charge is 0.229 e. The molecular weight excluding hydrogens is 448 g/mol. The second-order valence-corrected chi connectivity index (χ2v) is 12.1. The van der Waals surface area contributed by atoms with Gasteiger partial charge in [0.2, 0.25) is 6.34 Å². The summed E-state index contributed by atoms with van der Waals surface area (Å²) in [6, 6.07) is 23.4. The molecule has 4 aromatic carbocycles. The van der Waals surface area contributed by atoms with Crippen molar-refractivity contribution in [2.75, 3.05) is 18.0 Å². The molecule has 2 heteroatoms. The van der Waals surface area contributed by atoms with Gasteiger partial charge in [0.05, 0.1) is 0 Å². The lowest BCUT2D eigenvalue weighted by Crippen LogP contribution is -2.20. The van der Waals surface area contributed by atoms with Crippen LogP contribution in [0.3, 0.4) is 0 Å². The Bertz CT molecular complexity index is 1480. The van der Waals surface area contributed by atoms with E-state index in [9.17, 15) is 0 Å². The molecule has 0 aliphatic carbocycles. The van der Waals surface area contributed by atoms with Crippen LogP contribution in [0, 0.1) is 0 Å². The standard InChI is InChI=1S/C35H43N2/c1-22(2)28-11-9-26-13-15-30(24(5)6)34(32(26)19-28)36-17-18-37(21-36)35-31(25(7)8)16-14-27-10-12-29(23(3)4)20-33(27)35/h9-16,19-25H,17-18H2,1-8H3/q+1. The van der Waals surface area contributed by atoms with Crippen LogP contribution in [-0.4, -0.2) is 24.0 Å². The monoisotopic (exact) mass is 491 g/mol. The number of nitrogens with zero attached hydrogens (tertiary/aromatic N) is 2. The van der Waals surface area contributed by atoms with Crippen molar-refractivity contribution in [3.05, 3.63) is 82.9 Å². The Hall–Kier alpha value is -3.13. The molecule has 0 N–H and O–H groups in total. The van der Waals surface area contributed by atoms with Crippen LogP contribution in [0.4, 0.5) is 11.4 Å². The SMILES string of the molecule is CC(C)c1ccc2ccc(C(C)C)c(N3C=[N+](c4c(C(C)C)ccc5ccc(C(C)C)cc45)CC3)c2c1.